The maximum Gasteiger partial charge on any atom is 0.237 e. The number of amides is 1. The van der Waals surface area contributed by atoms with Crippen LogP contribution >= 0.6 is 0 Å². The van der Waals surface area contributed by atoms with Gasteiger partial charge in [-0.25, -0.2) is 0 Å². The maximum atomic E-state index is 11.9. The summed E-state index contributed by atoms with van der Waals surface area (Å²) >= 11 is 0. The maximum absolute atomic E-state index is 11.9. The van der Waals surface area contributed by atoms with E-state index in [1.54, 1.807) is 0 Å². The van der Waals surface area contributed by atoms with Crippen LogP contribution in [0.15, 0.2) is 40.8 Å². The zero-order valence-corrected chi connectivity index (χ0v) is 12.9. The molecule has 0 spiro atoms. The lowest BCUT2D eigenvalue weighted by molar-refractivity contribution is -0.122. The third-order valence-electron chi connectivity index (χ3n) is 4.06. The average molecular weight is 298 g/mol. The van der Waals surface area contributed by atoms with Gasteiger partial charge in [-0.2, -0.15) is 0 Å². The van der Waals surface area contributed by atoms with Crippen molar-refractivity contribution in [2.24, 2.45) is 0 Å². The molecule has 1 aliphatic heterocycles. The summed E-state index contributed by atoms with van der Waals surface area (Å²) in [4.78, 5) is 11.9. The highest BCUT2D eigenvalue weighted by Crippen LogP contribution is 2.22. The van der Waals surface area contributed by atoms with Gasteiger partial charge in [0.1, 0.15) is 11.5 Å². The molecule has 1 atom stereocenters. The Hall–Kier alpha value is -2.07. The Morgan fingerprint density at radius 2 is 2.00 bits per heavy atom. The van der Waals surface area contributed by atoms with Crippen molar-refractivity contribution in [1.82, 2.24) is 10.6 Å². The molecule has 4 heteroatoms. The first-order chi connectivity index (χ1) is 10.7. The Labute approximate surface area is 130 Å². The summed E-state index contributed by atoms with van der Waals surface area (Å²) < 4.78 is 5.87. The Morgan fingerprint density at radius 1 is 1.18 bits per heavy atom. The monoisotopic (exact) mass is 298 g/mol. The first kappa shape index (κ1) is 14.9. The Kier molecular flexibility index (Phi) is 4.59. The number of carbonyl (C=O) groups excluding carboxylic acids is 1. The molecule has 0 saturated carbocycles. The third kappa shape index (κ3) is 3.57. The molecule has 1 aromatic carbocycles. The number of hydrogen-bond acceptors (Lipinski definition) is 3. The molecule has 0 radical (unpaired) electrons. The molecule has 4 nitrogen and oxygen atoms in total. The molecule has 1 aliphatic rings. The molecule has 2 N–H and O–H groups in total. The second-order valence-electron chi connectivity index (χ2n) is 5.85. The van der Waals surface area contributed by atoms with Crippen LogP contribution in [-0.2, 0) is 11.3 Å². The van der Waals surface area contributed by atoms with Crippen LogP contribution in [0, 0.1) is 6.92 Å². The molecular formula is C18H22N2O2. The van der Waals surface area contributed by atoms with Crippen molar-refractivity contribution in [2.75, 3.05) is 6.54 Å². The second-order valence-corrected chi connectivity index (χ2v) is 5.85. The quantitative estimate of drug-likeness (QED) is 0.912. The Balaban J connectivity index is 1.62. The molecule has 0 aliphatic carbocycles. The van der Waals surface area contributed by atoms with Crippen LogP contribution in [0.4, 0.5) is 0 Å². The Morgan fingerprint density at radius 3 is 2.82 bits per heavy atom. The van der Waals surface area contributed by atoms with E-state index in [1.807, 2.05) is 12.1 Å². The highest BCUT2D eigenvalue weighted by molar-refractivity contribution is 5.81. The van der Waals surface area contributed by atoms with Crippen molar-refractivity contribution >= 4 is 5.91 Å². The molecular weight excluding hydrogens is 276 g/mol. The number of aryl methyl sites for hydroxylation is 1. The first-order valence-electron chi connectivity index (χ1n) is 7.89. The minimum Gasteiger partial charge on any atom is -0.460 e. The fourth-order valence-corrected chi connectivity index (χ4v) is 2.70. The minimum atomic E-state index is -0.115. The normalized spacial score (nSPS) is 18.8. The van der Waals surface area contributed by atoms with Gasteiger partial charge in [-0.15, -0.1) is 0 Å². The van der Waals surface area contributed by atoms with Gasteiger partial charge in [0.25, 0.3) is 0 Å². The average Bonchev–Trinajstić information content (AvgIpc) is 2.90. The van der Waals surface area contributed by atoms with Crippen LogP contribution in [0.2, 0.25) is 0 Å². The fraction of sp³-hybridized carbons (Fsp3) is 0.389. The van der Waals surface area contributed by atoms with Crippen LogP contribution in [0.25, 0.3) is 11.3 Å². The van der Waals surface area contributed by atoms with Gasteiger partial charge >= 0.3 is 0 Å². The van der Waals surface area contributed by atoms with E-state index in [9.17, 15) is 4.79 Å². The zero-order chi connectivity index (χ0) is 15.4. The molecule has 1 fully saturated rings. The summed E-state index contributed by atoms with van der Waals surface area (Å²) in [6, 6.07) is 12.1. The predicted molar refractivity (Wildman–Crippen MR) is 86.4 cm³/mol. The van der Waals surface area contributed by atoms with Gasteiger partial charge in [-0.1, -0.05) is 29.8 Å². The molecule has 22 heavy (non-hydrogen) atoms. The van der Waals surface area contributed by atoms with Crippen LogP contribution in [-0.4, -0.2) is 18.5 Å². The summed E-state index contributed by atoms with van der Waals surface area (Å²) in [6.45, 7) is 3.43. The lowest BCUT2D eigenvalue weighted by Gasteiger charge is -2.13. The summed E-state index contributed by atoms with van der Waals surface area (Å²) in [6.07, 6.45) is 3.02. The number of nitrogens with one attached hydrogen (secondary N) is 2. The molecule has 1 amide bonds. The number of hydrogen-bond donors (Lipinski definition) is 2. The van der Waals surface area contributed by atoms with Gasteiger partial charge in [0.2, 0.25) is 5.91 Å². The van der Waals surface area contributed by atoms with Crippen molar-refractivity contribution in [3.05, 3.63) is 47.7 Å². The summed E-state index contributed by atoms with van der Waals surface area (Å²) in [5, 5.41) is 6.23. The number of benzene rings is 1. The summed E-state index contributed by atoms with van der Waals surface area (Å²) in [7, 11) is 0. The first-order valence-corrected chi connectivity index (χ1v) is 7.89. The molecule has 2 heterocycles. The number of furan rings is 1. The van der Waals surface area contributed by atoms with Crippen molar-refractivity contribution in [2.45, 2.75) is 38.8 Å². The smallest absolute Gasteiger partial charge is 0.237 e. The molecule has 116 valence electrons. The zero-order valence-electron chi connectivity index (χ0n) is 12.9. The van der Waals surface area contributed by atoms with Gasteiger partial charge in [0.15, 0.2) is 0 Å². The van der Waals surface area contributed by atoms with Gasteiger partial charge in [0, 0.05) is 12.1 Å². The van der Waals surface area contributed by atoms with Gasteiger partial charge < -0.3 is 9.73 Å². The standard InChI is InChI=1S/C18H22N2O2/c1-13-5-7-14(8-6-13)17-10-9-15(22-17)12-20-16-4-2-3-11-19-18(16)21/h5-10,16,20H,2-4,11-12H2,1H3,(H,19,21). The molecule has 1 saturated heterocycles. The second kappa shape index (κ2) is 6.79. The van der Waals surface area contributed by atoms with E-state index in [4.69, 9.17) is 4.42 Å². The summed E-state index contributed by atoms with van der Waals surface area (Å²) in [5.41, 5.74) is 2.31. The highest BCUT2D eigenvalue weighted by atomic mass is 16.3. The van der Waals surface area contributed by atoms with Crippen molar-refractivity contribution < 1.29 is 9.21 Å². The van der Waals surface area contributed by atoms with E-state index in [-0.39, 0.29) is 11.9 Å². The predicted octanol–water partition coefficient (Wildman–Crippen LogP) is 3.01. The van der Waals surface area contributed by atoms with Crippen molar-refractivity contribution in [1.29, 1.82) is 0 Å². The topological polar surface area (TPSA) is 54.3 Å². The molecule has 0 bridgehead atoms. The van der Waals surface area contributed by atoms with Gasteiger partial charge in [-0.05, 0) is 38.3 Å². The summed E-state index contributed by atoms with van der Waals surface area (Å²) in [5.74, 6) is 1.82. The Bertz CT molecular complexity index is 631. The SMILES string of the molecule is Cc1ccc(-c2ccc(CNC3CCCCNC3=O)o2)cc1. The lowest BCUT2D eigenvalue weighted by Crippen LogP contribution is -2.42. The van der Waals surface area contributed by atoms with Crippen LogP contribution in [0.3, 0.4) is 0 Å². The fourth-order valence-electron chi connectivity index (χ4n) is 2.70. The van der Waals surface area contributed by atoms with E-state index in [2.05, 4.69) is 41.8 Å². The molecule has 1 aromatic heterocycles. The highest BCUT2D eigenvalue weighted by Gasteiger charge is 2.20. The van der Waals surface area contributed by atoms with E-state index >= 15 is 0 Å². The van der Waals surface area contributed by atoms with E-state index in [0.717, 1.165) is 42.9 Å². The third-order valence-corrected chi connectivity index (χ3v) is 4.06. The molecule has 3 rings (SSSR count). The lowest BCUT2D eigenvalue weighted by atomic mass is 10.1. The van der Waals surface area contributed by atoms with Crippen LogP contribution in [0.1, 0.15) is 30.6 Å². The molecule has 1 unspecified atom stereocenters. The van der Waals surface area contributed by atoms with E-state index < -0.39 is 0 Å². The van der Waals surface area contributed by atoms with Crippen molar-refractivity contribution in [3.63, 3.8) is 0 Å². The largest absolute Gasteiger partial charge is 0.460 e. The number of rotatable bonds is 4. The molecule has 2 aromatic rings. The van der Waals surface area contributed by atoms with Crippen LogP contribution in [0.5, 0.6) is 0 Å². The van der Waals surface area contributed by atoms with Crippen molar-refractivity contribution in [3.8, 4) is 11.3 Å². The van der Waals surface area contributed by atoms with Gasteiger partial charge in [-0.3, -0.25) is 10.1 Å². The van der Waals surface area contributed by atoms with E-state index in [0.29, 0.717) is 6.54 Å². The van der Waals surface area contributed by atoms with Gasteiger partial charge in [0.05, 0.1) is 12.6 Å². The van der Waals surface area contributed by atoms with E-state index in [1.165, 1.54) is 5.56 Å². The number of carbonyl (C=O) groups is 1. The van der Waals surface area contributed by atoms with Crippen LogP contribution < -0.4 is 10.6 Å². The minimum absolute atomic E-state index is 0.0998.